The van der Waals surface area contributed by atoms with Gasteiger partial charge in [0.2, 0.25) is 0 Å². The van der Waals surface area contributed by atoms with E-state index in [0.717, 1.165) is 40.5 Å². The summed E-state index contributed by atoms with van der Waals surface area (Å²) >= 11 is 6.37. The molecule has 0 aliphatic carbocycles. The fourth-order valence-corrected chi connectivity index (χ4v) is 4.91. The number of para-hydroxylation sites is 1. The quantitative estimate of drug-likeness (QED) is 0.578. The second kappa shape index (κ2) is 8.75. The third-order valence-corrected chi connectivity index (χ3v) is 7.06. The van der Waals surface area contributed by atoms with E-state index < -0.39 is 11.0 Å². The Labute approximate surface area is 178 Å². The second-order valence-corrected chi connectivity index (χ2v) is 8.80. The maximum atomic E-state index is 12.9. The number of halogens is 1. The van der Waals surface area contributed by atoms with Crippen molar-refractivity contribution in [3.63, 3.8) is 0 Å². The summed E-state index contributed by atoms with van der Waals surface area (Å²) in [5.74, 6) is 1.48. The van der Waals surface area contributed by atoms with Crippen molar-refractivity contribution >= 4 is 33.5 Å². The van der Waals surface area contributed by atoms with E-state index in [9.17, 15) is 4.21 Å². The largest absolute Gasteiger partial charge is 0.497 e. The van der Waals surface area contributed by atoms with Crippen molar-refractivity contribution in [2.45, 2.75) is 17.9 Å². The Morgan fingerprint density at radius 1 is 1.03 bits per heavy atom. The highest BCUT2D eigenvalue weighted by Gasteiger charge is 2.27. The normalized spacial score (nSPS) is 17.9. The van der Waals surface area contributed by atoms with Gasteiger partial charge in [-0.05, 0) is 43.3 Å². The van der Waals surface area contributed by atoms with Crippen LogP contribution in [0.4, 0.5) is 0 Å². The predicted molar refractivity (Wildman–Crippen MR) is 116 cm³/mol. The summed E-state index contributed by atoms with van der Waals surface area (Å²) in [6.45, 7) is 5.10. The Morgan fingerprint density at radius 2 is 1.72 bits per heavy atom. The molecule has 4 rings (SSSR count). The van der Waals surface area contributed by atoms with Crippen LogP contribution in [0.1, 0.15) is 18.8 Å². The molecule has 29 heavy (non-hydrogen) atoms. The molecule has 0 saturated carbocycles. The molecule has 0 spiro atoms. The molecule has 1 aromatic heterocycles. The summed E-state index contributed by atoms with van der Waals surface area (Å²) in [5.41, 5.74) is 0.855. The molecule has 8 heteroatoms. The van der Waals surface area contributed by atoms with Gasteiger partial charge in [0.05, 0.1) is 23.6 Å². The number of aromatic nitrogens is 2. The van der Waals surface area contributed by atoms with Crippen LogP contribution in [0.25, 0.3) is 10.9 Å². The van der Waals surface area contributed by atoms with E-state index in [1.54, 1.807) is 7.11 Å². The fraction of sp³-hybridized carbons (Fsp3) is 0.333. The van der Waals surface area contributed by atoms with Gasteiger partial charge in [-0.25, -0.2) is 18.5 Å². The number of methoxy groups -OCH3 is 1. The van der Waals surface area contributed by atoms with Crippen molar-refractivity contribution in [2.75, 3.05) is 33.3 Å². The van der Waals surface area contributed by atoms with E-state index in [2.05, 4.69) is 16.8 Å². The molecule has 6 nitrogen and oxygen atoms in total. The molecule has 3 aromatic rings. The highest BCUT2D eigenvalue weighted by molar-refractivity contribution is 7.82. The van der Waals surface area contributed by atoms with E-state index in [1.807, 2.05) is 52.8 Å². The standard InChI is InChI=1S/C21H23ClN4O2S/c1-15(21-23-19-6-4-3-5-18(19)20(22)24-21)25-11-13-26(14-12-25)29(27)17-9-7-16(28-2)8-10-17/h3-10,15H,11-14H2,1-2H3. The van der Waals surface area contributed by atoms with Crippen molar-refractivity contribution in [1.29, 1.82) is 0 Å². The van der Waals surface area contributed by atoms with Gasteiger partial charge in [-0.2, -0.15) is 0 Å². The minimum atomic E-state index is -1.18. The summed E-state index contributed by atoms with van der Waals surface area (Å²) in [6.07, 6.45) is 0. The molecule has 1 fully saturated rings. The highest BCUT2D eigenvalue weighted by Crippen LogP contribution is 2.26. The SMILES string of the molecule is COc1ccc(S(=O)N2CCN(C(C)c3nc(Cl)c4ccccc4n3)CC2)cc1. The summed E-state index contributed by atoms with van der Waals surface area (Å²) in [6, 6.07) is 15.2. The minimum Gasteiger partial charge on any atom is -0.497 e. The van der Waals surface area contributed by atoms with Gasteiger partial charge in [0.25, 0.3) is 0 Å². The van der Waals surface area contributed by atoms with Crippen LogP contribution in [0.2, 0.25) is 5.15 Å². The van der Waals surface area contributed by atoms with E-state index in [1.165, 1.54) is 0 Å². The van der Waals surface area contributed by atoms with Gasteiger partial charge >= 0.3 is 0 Å². The van der Waals surface area contributed by atoms with Crippen LogP contribution in [0, 0.1) is 0 Å². The number of ether oxygens (including phenoxy) is 1. The highest BCUT2D eigenvalue weighted by atomic mass is 35.5. The van der Waals surface area contributed by atoms with Crippen LogP contribution >= 0.6 is 11.6 Å². The smallest absolute Gasteiger partial charge is 0.147 e. The molecular weight excluding hydrogens is 408 g/mol. The van der Waals surface area contributed by atoms with Gasteiger partial charge in [0.1, 0.15) is 27.7 Å². The maximum absolute atomic E-state index is 12.9. The lowest BCUT2D eigenvalue weighted by molar-refractivity contribution is 0.144. The zero-order valence-corrected chi connectivity index (χ0v) is 18.0. The second-order valence-electron chi connectivity index (χ2n) is 6.96. The van der Waals surface area contributed by atoms with Gasteiger partial charge in [-0.1, -0.05) is 23.7 Å². The average Bonchev–Trinajstić information content (AvgIpc) is 2.78. The number of fused-ring (bicyclic) bond motifs is 1. The summed E-state index contributed by atoms with van der Waals surface area (Å²) in [4.78, 5) is 12.3. The molecule has 1 saturated heterocycles. The monoisotopic (exact) mass is 430 g/mol. The number of piperazine rings is 1. The van der Waals surface area contributed by atoms with E-state index in [0.29, 0.717) is 18.2 Å². The minimum absolute atomic E-state index is 0.0358. The molecule has 1 aliphatic rings. The van der Waals surface area contributed by atoms with Gasteiger partial charge in [0, 0.05) is 31.6 Å². The zero-order chi connectivity index (χ0) is 20.4. The lowest BCUT2D eigenvalue weighted by atomic mass is 10.2. The van der Waals surface area contributed by atoms with Crippen molar-refractivity contribution in [3.8, 4) is 5.75 Å². The van der Waals surface area contributed by atoms with Gasteiger partial charge < -0.3 is 4.74 Å². The van der Waals surface area contributed by atoms with Gasteiger partial charge in [-0.15, -0.1) is 0 Å². The molecule has 2 unspecified atom stereocenters. The van der Waals surface area contributed by atoms with Gasteiger partial charge in [-0.3, -0.25) is 4.90 Å². The fourth-order valence-electron chi connectivity index (χ4n) is 3.50. The number of hydrogen-bond donors (Lipinski definition) is 0. The topological polar surface area (TPSA) is 58.6 Å². The lowest BCUT2D eigenvalue weighted by Gasteiger charge is -2.36. The molecule has 2 atom stereocenters. The van der Waals surface area contributed by atoms with Crippen LogP contribution < -0.4 is 4.74 Å². The number of nitrogens with zero attached hydrogens (tertiary/aromatic N) is 4. The Balaban J connectivity index is 1.43. The van der Waals surface area contributed by atoms with E-state index >= 15 is 0 Å². The van der Waals surface area contributed by atoms with Crippen LogP contribution in [0.5, 0.6) is 5.75 Å². The molecule has 0 bridgehead atoms. The Kier molecular flexibility index (Phi) is 6.10. The van der Waals surface area contributed by atoms with Crippen LogP contribution in [0.15, 0.2) is 53.4 Å². The molecule has 152 valence electrons. The van der Waals surface area contributed by atoms with Crippen molar-refractivity contribution in [3.05, 3.63) is 59.5 Å². The molecule has 0 amide bonds. The summed E-state index contributed by atoms with van der Waals surface area (Å²) < 4.78 is 20.0. The lowest BCUT2D eigenvalue weighted by Crippen LogP contribution is -2.47. The van der Waals surface area contributed by atoms with Crippen LogP contribution in [-0.2, 0) is 11.0 Å². The van der Waals surface area contributed by atoms with Crippen LogP contribution in [-0.4, -0.2) is 56.7 Å². The Bertz CT molecular complexity index is 1020. The number of benzene rings is 2. The maximum Gasteiger partial charge on any atom is 0.147 e. The molecular formula is C21H23ClN4O2S. The molecule has 0 radical (unpaired) electrons. The summed E-state index contributed by atoms with van der Waals surface area (Å²) in [5, 5.41) is 1.35. The van der Waals surface area contributed by atoms with E-state index in [-0.39, 0.29) is 6.04 Å². The zero-order valence-electron chi connectivity index (χ0n) is 16.4. The first-order chi connectivity index (χ1) is 14.1. The van der Waals surface area contributed by atoms with Crippen LogP contribution in [0.3, 0.4) is 0 Å². The molecule has 0 N–H and O–H groups in total. The number of hydrogen-bond acceptors (Lipinski definition) is 5. The third kappa shape index (κ3) is 4.28. The first-order valence-corrected chi connectivity index (χ1v) is 11.0. The van der Waals surface area contributed by atoms with Crippen molar-refractivity contribution < 1.29 is 8.95 Å². The average molecular weight is 431 g/mol. The summed E-state index contributed by atoms with van der Waals surface area (Å²) in [7, 11) is 0.448. The predicted octanol–water partition coefficient (Wildman–Crippen LogP) is 3.69. The molecule has 2 aromatic carbocycles. The molecule has 2 heterocycles. The van der Waals surface area contributed by atoms with Gasteiger partial charge in [0.15, 0.2) is 0 Å². The molecule has 1 aliphatic heterocycles. The Morgan fingerprint density at radius 3 is 2.41 bits per heavy atom. The van der Waals surface area contributed by atoms with Crippen molar-refractivity contribution in [1.82, 2.24) is 19.2 Å². The van der Waals surface area contributed by atoms with Crippen molar-refractivity contribution in [2.24, 2.45) is 0 Å². The Hall–Kier alpha value is -2.06. The first kappa shape index (κ1) is 20.2. The first-order valence-electron chi connectivity index (χ1n) is 9.54. The third-order valence-electron chi connectivity index (χ3n) is 5.26. The van der Waals surface area contributed by atoms with E-state index in [4.69, 9.17) is 21.3 Å². The number of rotatable bonds is 5.